The number of benzene rings is 2. The molecule has 0 saturated heterocycles. The molecule has 0 radical (unpaired) electrons. The average Bonchev–Trinajstić information content (AvgIpc) is 2.72. The molecule has 0 aliphatic heterocycles. The molecule has 0 bridgehead atoms. The van der Waals surface area contributed by atoms with Crippen LogP contribution in [0.1, 0.15) is 35.7 Å². The Hall–Kier alpha value is -2.85. The van der Waals surface area contributed by atoms with E-state index < -0.39 is 0 Å². The second-order valence-corrected chi connectivity index (χ2v) is 7.09. The number of halogens is 1. The summed E-state index contributed by atoms with van der Waals surface area (Å²) in [6.07, 6.45) is 3.54. The van der Waals surface area contributed by atoms with Gasteiger partial charge in [-0.05, 0) is 42.3 Å². The molecule has 1 heterocycles. The number of carbonyl (C=O) groups excluding carboxylic acids is 1. The summed E-state index contributed by atoms with van der Waals surface area (Å²) in [5, 5.41) is 0.648. The van der Waals surface area contributed by atoms with Crippen LogP contribution in [0.25, 0.3) is 0 Å². The van der Waals surface area contributed by atoms with Crippen LogP contribution in [0.5, 0.6) is 0 Å². The first-order valence-corrected chi connectivity index (χ1v) is 9.78. The molecule has 4 nitrogen and oxygen atoms in total. The van der Waals surface area contributed by atoms with Crippen molar-refractivity contribution in [3.8, 4) is 0 Å². The molecule has 28 heavy (non-hydrogen) atoms. The number of carbonyl (C=O) groups is 1. The average molecular weight is 395 g/mol. The maximum atomic E-state index is 13.2. The Morgan fingerprint density at radius 3 is 2.39 bits per heavy atom. The second kappa shape index (κ2) is 9.38. The van der Waals surface area contributed by atoms with Gasteiger partial charge < -0.3 is 9.47 Å². The van der Waals surface area contributed by atoms with E-state index in [1.165, 1.54) is 6.07 Å². The lowest BCUT2D eigenvalue weighted by Crippen LogP contribution is -2.33. The first-order valence-electron chi connectivity index (χ1n) is 9.40. The second-order valence-electron chi connectivity index (χ2n) is 6.66. The standard InChI is InChI=1S/C23H23ClN2O2/c1-2-3-15-26(21-7-5-4-6-8-21)23(28)19-11-14-22(27)25(17-19)16-18-9-12-20(24)13-10-18/h4-14,17H,2-3,15-16H2,1H3. The summed E-state index contributed by atoms with van der Waals surface area (Å²) < 4.78 is 1.56. The van der Waals surface area contributed by atoms with Crippen LogP contribution >= 0.6 is 11.6 Å². The molecule has 0 aliphatic rings. The Bertz CT molecular complexity index is 981. The van der Waals surface area contributed by atoms with Crippen molar-refractivity contribution in [2.24, 2.45) is 0 Å². The molecule has 0 atom stereocenters. The van der Waals surface area contributed by atoms with Gasteiger partial charge in [0.1, 0.15) is 0 Å². The van der Waals surface area contributed by atoms with E-state index in [1.54, 1.807) is 33.9 Å². The smallest absolute Gasteiger partial charge is 0.259 e. The lowest BCUT2D eigenvalue weighted by molar-refractivity contribution is 0.0985. The van der Waals surface area contributed by atoms with E-state index >= 15 is 0 Å². The minimum Gasteiger partial charge on any atom is -0.310 e. The Labute approximate surface area is 170 Å². The summed E-state index contributed by atoms with van der Waals surface area (Å²) in [5.41, 5.74) is 2.15. The molecule has 0 spiro atoms. The predicted octanol–water partition coefficient (Wildman–Crippen LogP) is 5.00. The number of pyridine rings is 1. The van der Waals surface area contributed by atoms with Crippen LogP contribution in [0.3, 0.4) is 0 Å². The molecule has 2 aromatic carbocycles. The summed E-state index contributed by atoms with van der Waals surface area (Å²) in [7, 11) is 0. The van der Waals surface area contributed by atoms with Gasteiger partial charge in [0, 0.05) is 29.5 Å². The third kappa shape index (κ3) is 4.90. The van der Waals surface area contributed by atoms with Crippen LogP contribution < -0.4 is 10.5 Å². The van der Waals surface area contributed by atoms with E-state index in [4.69, 9.17) is 11.6 Å². The zero-order valence-corrected chi connectivity index (χ0v) is 16.6. The zero-order chi connectivity index (χ0) is 19.9. The molecule has 0 unspecified atom stereocenters. The minimum atomic E-state index is -0.147. The maximum Gasteiger partial charge on any atom is 0.259 e. The fraction of sp³-hybridized carbons (Fsp3) is 0.217. The van der Waals surface area contributed by atoms with Crippen molar-refractivity contribution in [1.29, 1.82) is 0 Å². The highest BCUT2D eigenvalue weighted by Crippen LogP contribution is 2.18. The van der Waals surface area contributed by atoms with Gasteiger partial charge in [-0.2, -0.15) is 0 Å². The number of aromatic nitrogens is 1. The number of hydrogen-bond acceptors (Lipinski definition) is 2. The van der Waals surface area contributed by atoms with Crippen LogP contribution in [0.15, 0.2) is 77.7 Å². The fourth-order valence-electron chi connectivity index (χ4n) is 3.00. The van der Waals surface area contributed by atoms with Crippen molar-refractivity contribution >= 4 is 23.2 Å². The van der Waals surface area contributed by atoms with Crippen LogP contribution in [0.4, 0.5) is 5.69 Å². The van der Waals surface area contributed by atoms with Crippen LogP contribution in [-0.2, 0) is 6.54 Å². The number of unbranched alkanes of at least 4 members (excludes halogenated alkanes) is 1. The van der Waals surface area contributed by atoms with Crippen molar-refractivity contribution in [3.63, 3.8) is 0 Å². The van der Waals surface area contributed by atoms with Crippen LogP contribution in [0.2, 0.25) is 5.02 Å². The normalized spacial score (nSPS) is 10.6. The largest absolute Gasteiger partial charge is 0.310 e. The van der Waals surface area contributed by atoms with E-state index in [9.17, 15) is 9.59 Å². The third-order valence-corrected chi connectivity index (χ3v) is 4.80. The predicted molar refractivity (Wildman–Crippen MR) is 114 cm³/mol. The summed E-state index contributed by atoms with van der Waals surface area (Å²) in [4.78, 5) is 27.3. The first-order chi connectivity index (χ1) is 13.6. The molecule has 1 amide bonds. The summed E-state index contributed by atoms with van der Waals surface area (Å²) in [6.45, 7) is 3.12. The molecule has 3 rings (SSSR count). The Morgan fingerprint density at radius 1 is 1.00 bits per heavy atom. The molecule has 0 aliphatic carbocycles. The number of amides is 1. The highest BCUT2D eigenvalue weighted by molar-refractivity contribution is 6.30. The van der Waals surface area contributed by atoms with Gasteiger partial charge in [0.2, 0.25) is 0 Å². The summed E-state index contributed by atoms with van der Waals surface area (Å²) in [6, 6.07) is 20.0. The minimum absolute atomic E-state index is 0.107. The van der Waals surface area contributed by atoms with Crippen molar-refractivity contribution in [2.45, 2.75) is 26.3 Å². The van der Waals surface area contributed by atoms with E-state index in [0.29, 0.717) is 23.7 Å². The van der Waals surface area contributed by atoms with E-state index in [0.717, 1.165) is 24.1 Å². The van der Waals surface area contributed by atoms with Crippen molar-refractivity contribution in [2.75, 3.05) is 11.4 Å². The molecule has 1 aromatic heterocycles. The van der Waals surface area contributed by atoms with Crippen molar-refractivity contribution in [1.82, 2.24) is 4.57 Å². The topological polar surface area (TPSA) is 42.3 Å². The molecule has 5 heteroatoms. The number of anilines is 1. The highest BCUT2D eigenvalue weighted by Gasteiger charge is 2.18. The van der Waals surface area contributed by atoms with Crippen LogP contribution in [0, 0.1) is 0 Å². The first kappa shape index (κ1) is 19.9. The Morgan fingerprint density at radius 2 is 1.71 bits per heavy atom. The van der Waals surface area contributed by atoms with Gasteiger partial charge in [0.25, 0.3) is 11.5 Å². The number of nitrogens with zero attached hydrogens (tertiary/aromatic N) is 2. The quantitative estimate of drug-likeness (QED) is 0.566. The maximum absolute atomic E-state index is 13.2. The van der Waals surface area contributed by atoms with Gasteiger partial charge in [-0.3, -0.25) is 9.59 Å². The fourth-order valence-corrected chi connectivity index (χ4v) is 3.12. The summed E-state index contributed by atoms with van der Waals surface area (Å²) in [5.74, 6) is -0.107. The SMILES string of the molecule is CCCCN(C(=O)c1ccc(=O)n(Cc2ccc(Cl)cc2)c1)c1ccccc1. The van der Waals surface area contributed by atoms with Gasteiger partial charge in [0.05, 0.1) is 12.1 Å². The van der Waals surface area contributed by atoms with Gasteiger partial charge in [0.15, 0.2) is 0 Å². The van der Waals surface area contributed by atoms with Gasteiger partial charge >= 0.3 is 0 Å². The molecular formula is C23H23ClN2O2. The number of para-hydroxylation sites is 1. The van der Waals surface area contributed by atoms with E-state index in [-0.39, 0.29) is 11.5 Å². The van der Waals surface area contributed by atoms with E-state index in [1.807, 2.05) is 42.5 Å². The third-order valence-electron chi connectivity index (χ3n) is 4.54. The lowest BCUT2D eigenvalue weighted by Gasteiger charge is -2.23. The van der Waals surface area contributed by atoms with E-state index in [2.05, 4.69) is 6.92 Å². The van der Waals surface area contributed by atoms with Crippen molar-refractivity contribution in [3.05, 3.63) is 99.4 Å². The van der Waals surface area contributed by atoms with Gasteiger partial charge in [-0.15, -0.1) is 0 Å². The highest BCUT2D eigenvalue weighted by atomic mass is 35.5. The molecule has 0 saturated carbocycles. The van der Waals surface area contributed by atoms with Crippen molar-refractivity contribution < 1.29 is 4.79 Å². The number of rotatable bonds is 7. The zero-order valence-electron chi connectivity index (χ0n) is 15.8. The molecule has 0 fully saturated rings. The Balaban J connectivity index is 1.89. The lowest BCUT2D eigenvalue weighted by atomic mass is 10.2. The van der Waals surface area contributed by atoms with Gasteiger partial charge in [-0.25, -0.2) is 0 Å². The monoisotopic (exact) mass is 394 g/mol. The molecule has 3 aromatic rings. The van der Waals surface area contributed by atoms with Gasteiger partial charge in [-0.1, -0.05) is 55.3 Å². The molecule has 144 valence electrons. The summed E-state index contributed by atoms with van der Waals surface area (Å²) >= 11 is 5.93. The Kier molecular flexibility index (Phi) is 6.66. The molecule has 0 N–H and O–H groups in total. The number of hydrogen-bond donors (Lipinski definition) is 0. The van der Waals surface area contributed by atoms with Crippen LogP contribution in [-0.4, -0.2) is 17.0 Å². The molecular weight excluding hydrogens is 372 g/mol.